The number of carbonyl (C=O) groups excluding carboxylic acids is 4. The van der Waals surface area contributed by atoms with Gasteiger partial charge in [0.2, 0.25) is 17.6 Å². The van der Waals surface area contributed by atoms with Crippen LogP contribution in [0.4, 0.5) is 23.0 Å². The number of thioether (sulfide) groups is 1. The molecule has 0 atom stereocenters. The first kappa shape index (κ1) is 75.0. The Bertz CT molecular complexity index is 4000. The van der Waals surface area contributed by atoms with Crippen LogP contribution in [0.3, 0.4) is 0 Å². The molecule has 0 bridgehead atoms. The highest BCUT2D eigenvalue weighted by Crippen LogP contribution is 2.34. The molecule has 8 aromatic rings. The Hall–Kier alpha value is -9.17. The molecule has 0 unspecified atom stereocenters. The Morgan fingerprint density at radius 2 is 0.900 bits per heavy atom. The van der Waals surface area contributed by atoms with Gasteiger partial charge in [-0.1, -0.05) is 85.4 Å². The van der Waals surface area contributed by atoms with E-state index in [-0.39, 0.29) is 34.5 Å². The third-order valence-corrected chi connectivity index (χ3v) is 19.3. The zero-order valence-electron chi connectivity index (χ0n) is 60.9. The largest absolute Gasteiger partial charge is 0.496 e. The van der Waals surface area contributed by atoms with Gasteiger partial charge < -0.3 is 40.2 Å². The summed E-state index contributed by atoms with van der Waals surface area (Å²) in [7, 11) is 6.30. The minimum absolute atomic E-state index is 0.0275. The third kappa shape index (κ3) is 19.8. The Kier molecular flexibility index (Phi) is 26.4. The molecule has 6 aromatic heterocycles. The van der Waals surface area contributed by atoms with Crippen LogP contribution in [0.25, 0.3) is 0 Å². The van der Waals surface area contributed by atoms with Gasteiger partial charge >= 0.3 is 0 Å². The van der Waals surface area contributed by atoms with E-state index in [2.05, 4.69) is 105 Å². The van der Waals surface area contributed by atoms with Crippen molar-refractivity contribution in [2.75, 3.05) is 56.0 Å². The van der Waals surface area contributed by atoms with E-state index in [1.165, 1.54) is 72.5 Å². The topological polar surface area (TPSA) is 236 Å². The number of rotatable bonds is 14. The number of nitrogens with zero attached hydrogens (tertiary/aromatic N) is 7. The number of amides is 4. The van der Waals surface area contributed by atoms with Crippen molar-refractivity contribution >= 4 is 58.4 Å². The highest BCUT2D eigenvalue weighted by Gasteiger charge is 2.26. The first-order valence-electron chi connectivity index (χ1n) is 35.4. The van der Waals surface area contributed by atoms with Gasteiger partial charge in [-0.05, 0) is 233 Å². The van der Waals surface area contributed by atoms with Crippen LogP contribution in [-0.2, 0) is 68.7 Å². The standard InChI is InChI=1S/C22H28N2O2.C21H27N3O2.C19H22N2O2S.C18H24N4O2/c1-22(2,3)16-10-12-17(13-11-16)23-20(25)18-14-15-8-6-5-7-9-19(15)24-21(18)26-4;1-21(2,3)15-10-11-18(22-13-15)24-19(25)16-12-14-8-6-5-7-9-17(14)23-20(16)26-4;1-23-17-12-14-8-5-3-4-7-13(14)11-15(17)18(22)21-16-9-6-10-20-19(16)24-2;1-4-22-12(2)10-16(21-22)20-17(23)14-11-13-8-6-5-7-9-15(13)19-18(14)24-3/h10-14H,5-9H2,1-4H3,(H,23,25);10-13H,5-9H2,1-4H3,(H,22,24,25);6,9-12H,3-5,7-8H2,1-2H3,(H,21,22);10-11H,4-9H2,1-3H3,(H,20,21,23). The smallest absolute Gasteiger partial charge is 0.262 e. The van der Waals surface area contributed by atoms with Gasteiger partial charge in [0.15, 0.2) is 5.82 Å². The second-order valence-electron chi connectivity index (χ2n) is 27.9. The number of hydrogen-bond acceptors (Lipinski definition) is 15. The van der Waals surface area contributed by atoms with Crippen molar-refractivity contribution in [1.82, 2.24) is 34.7 Å². The van der Waals surface area contributed by atoms with Gasteiger partial charge in [0.25, 0.3) is 23.6 Å². The Balaban J connectivity index is 0.000000156. The van der Waals surface area contributed by atoms with Crippen LogP contribution in [0.15, 0.2) is 102 Å². The fourth-order valence-electron chi connectivity index (χ4n) is 12.9. The first-order chi connectivity index (χ1) is 48.1. The average molecular weight is 1380 g/mol. The van der Waals surface area contributed by atoms with Gasteiger partial charge in [0, 0.05) is 53.5 Å². The predicted octanol–water partition coefficient (Wildman–Crippen LogP) is 16.7. The molecule has 0 spiro atoms. The Morgan fingerprint density at radius 1 is 0.470 bits per heavy atom. The molecule has 530 valence electrons. The van der Waals surface area contributed by atoms with E-state index in [0.717, 1.165) is 152 Å². The second-order valence-corrected chi connectivity index (χ2v) is 28.7. The summed E-state index contributed by atoms with van der Waals surface area (Å²) in [5.74, 6) is 2.11. The number of hydrogen-bond donors (Lipinski definition) is 4. The number of nitrogens with one attached hydrogen (secondary N) is 4. The van der Waals surface area contributed by atoms with Gasteiger partial charge in [0.1, 0.15) is 33.3 Å². The molecule has 4 amide bonds. The van der Waals surface area contributed by atoms with Crippen LogP contribution in [0, 0.1) is 6.92 Å². The van der Waals surface area contributed by atoms with Crippen LogP contribution in [0.5, 0.6) is 23.4 Å². The van der Waals surface area contributed by atoms with Gasteiger partial charge in [-0.25, -0.2) is 24.9 Å². The molecular formula is C80H101N11O8S. The van der Waals surface area contributed by atoms with E-state index in [1.807, 2.05) is 104 Å². The van der Waals surface area contributed by atoms with Crippen molar-refractivity contribution in [2.45, 2.75) is 206 Å². The van der Waals surface area contributed by atoms with E-state index in [1.54, 1.807) is 34.6 Å². The molecule has 4 aliphatic rings. The van der Waals surface area contributed by atoms with E-state index in [4.69, 9.17) is 18.9 Å². The maximum Gasteiger partial charge on any atom is 0.262 e. The number of ether oxygens (including phenoxy) is 4. The molecule has 0 radical (unpaired) electrons. The normalized spacial score (nSPS) is 14.1. The van der Waals surface area contributed by atoms with Crippen molar-refractivity contribution < 1.29 is 38.1 Å². The summed E-state index contributed by atoms with van der Waals surface area (Å²) in [4.78, 5) is 73.6. The summed E-state index contributed by atoms with van der Waals surface area (Å²) >= 11 is 1.51. The zero-order chi connectivity index (χ0) is 71.5. The summed E-state index contributed by atoms with van der Waals surface area (Å²) < 4.78 is 23.5. The quantitative estimate of drug-likeness (QED) is 0.0585. The number of benzene rings is 2. The molecule has 0 aliphatic heterocycles. The van der Waals surface area contributed by atoms with Crippen molar-refractivity contribution in [3.05, 3.63) is 181 Å². The van der Waals surface area contributed by atoms with E-state index in [0.29, 0.717) is 57.3 Å². The van der Waals surface area contributed by atoms with Crippen molar-refractivity contribution in [3.63, 3.8) is 0 Å². The monoisotopic (exact) mass is 1380 g/mol. The zero-order valence-corrected chi connectivity index (χ0v) is 61.7. The fraction of sp³-hybridized carbons (Fsp3) is 0.450. The van der Waals surface area contributed by atoms with Crippen LogP contribution in [0.2, 0.25) is 0 Å². The van der Waals surface area contributed by atoms with E-state index in [9.17, 15) is 19.2 Å². The van der Waals surface area contributed by atoms with Crippen LogP contribution < -0.4 is 40.2 Å². The molecule has 0 saturated heterocycles. The molecule has 2 aromatic carbocycles. The molecular weight excluding hydrogens is 1280 g/mol. The lowest BCUT2D eigenvalue weighted by molar-refractivity contribution is 0.101. The third-order valence-electron chi connectivity index (χ3n) is 18.6. The number of aryl methyl sites for hydroxylation is 10. The van der Waals surface area contributed by atoms with Crippen LogP contribution in [0.1, 0.15) is 229 Å². The van der Waals surface area contributed by atoms with E-state index < -0.39 is 0 Å². The maximum absolute atomic E-state index is 12.8. The summed E-state index contributed by atoms with van der Waals surface area (Å²) in [6.45, 7) is 17.7. The Labute approximate surface area is 595 Å². The van der Waals surface area contributed by atoms with Gasteiger partial charge in [-0.2, -0.15) is 5.10 Å². The number of aromatic nitrogens is 7. The molecule has 20 heteroatoms. The number of anilines is 4. The van der Waals surface area contributed by atoms with Crippen molar-refractivity contribution in [3.8, 4) is 23.4 Å². The lowest BCUT2D eigenvalue weighted by Gasteiger charge is -2.19. The molecule has 0 saturated carbocycles. The van der Waals surface area contributed by atoms with Crippen LogP contribution in [-0.4, -0.2) is 93.0 Å². The molecule has 19 nitrogen and oxygen atoms in total. The molecule has 12 rings (SSSR count). The van der Waals surface area contributed by atoms with E-state index >= 15 is 0 Å². The van der Waals surface area contributed by atoms with Gasteiger partial charge in [-0.15, -0.1) is 11.8 Å². The predicted molar refractivity (Wildman–Crippen MR) is 399 cm³/mol. The van der Waals surface area contributed by atoms with Crippen molar-refractivity contribution in [1.29, 1.82) is 0 Å². The molecule has 4 N–H and O–H groups in total. The summed E-state index contributed by atoms with van der Waals surface area (Å²) in [6.07, 6.45) is 27.4. The highest BCUT2D eigenvalue weighted by atomic mass is 32.2. The minimum Gasteiger partial charge on any atom is -0.496 e. The minimum atomic E-state index is -0.239. The number of carbonyl (C=O) groups is 4. The lowest BCUT2D eigenvalue weighted by atomic mass is 9.87. The average Bonchev–Trinajstić information content (AvgIpc) is 1.04. The lowest BCUT2D eigenvalue weighted by Crippen LogP contribution is -2.17. The molecule has 0 fully saturated rings. The summed E-state index contributed by atoms with van der Waals surface area (Å²) in [5, 5.41) is 16.9. The number of pyridine rings is 5. The van der Waals surface area contributed by atoms with Crippen LogP contribution >= 0.6 is 11.8 Å². The number of fused-ring (bicyclic) bond motifs is 4. The molecule has 6 heterocycles. The summed E-state index contributed by atoms with van der Waals surface area (Å²) in [5.41, 5.74) is 16.3. The van der Waals surface area contributed by atoms with Gasteiger partial charge in [0.05, 0.1) is 39.7 Å². The molecule has 100 heavy (non-hydrogen) atoms. The maximum atomic E-state index is 12.8. The number of methoxy groups -OCH3 is 4. The van der Waals surface area contributed by atoms with Crippen molar-refractivity contribution in [2.24, 2.45) is 0 Å². The molecule has 4 aliphatic carbocycles. The first-order valence-corrected chi connectivity index (χ1v) is 36.6. The van der Waals surface area contributed by atoms with Gasteiger partial charge in [-0.3, -0.25) is 23.9 Å². The SMILES string of the molecule is CCn1nc(NC(=O)c2cc3c(nc2OC)CCCCC3)cc1C.COc1cc2c(cc1C(=O)Nc1cccnc1SC)CCCCC2.COc1nc2c(cc1C(=O)Nc1ccc(C(C)(C)C)cc1)CCCCC2.COc1nc2c(cc1C(=O)Nc1ccc(C(C)(C)C)cn1)CCCCC2. The summed E-state index contributed by atoms with van der Waals surface area (Å²) in [6, 6.07) is 27.3. The highest BCUT2D eigenvalue weighted by molar-refractivity contribution is 7.98. The fourth-order valence-corrected chi connectivity index (χ4v) is 13.4. The Morgan fingerprint density at radius 3 is 1.33 bits per heavy atom. The second kappa shape index (κ2) is 35.2.